The predicted molar refractivity (Wildman–Crippen MR) is 88.4 cm³/mol. The Kier molecular flexibility index (Phi) is 8.50. The van der Waals surface area contributed by atoms with E-state index in [9.17, 15) is 14.4 Å². The van der Waals surface area contributed by atoms with Crippen LogP contribution in [-0.4, -0.2) is 17.8 Å². The van der Waals surface area contributed by atoms with Crippen molar-refractivity contribution in [3.05, 3.63) is 29.8 Å². The lowest BCUT2D eigenvalue weighted by molar-refractivity contribution is -0.165. The molecule has 134 valence electrons. The van der Waals surface area contributed by atoms with Crippen LogP contribution in [0.25, 0.3) is 0 Å². The van der Waals surface area contributed by atoms with Gasteiger partial charge in [0.25, 0.3) is 5.91 Å². The van der Waals surface area contributed by atoms with Crippen molar-refractivity contribution in [3.8, 4) is 6.19 Å². The molecule has 0 heterocycles. The van der Waals surface area contributed by atoms with Crippen molar-refractivity contribution in [2.24, 2.45) is 5.92 Å². The molecule has 8 heteroatoms. The van der Waals surface area contributed by atoms with Gasteiger partial charge in [0.05, 0.1) is 0 Å². The summed E-state index contributed by atoms with van der Waals surface area (Å²) in [6.07, 6.45) is 2.45. The van der Waals surface area contributed by atoms with Gasteiger partial charge in [-0.2, -0.15) is 10.7 Å². The summed E-state index contributed by atoms with van der Waals surface area (Å²) in [7, 11) is 0. The van der Waals surface area contributed by atoms with Crippen LogP contribution in [0.2, 0.25) is 0 Å². The third-order valence-electron chi connectivity index (χ3n) is 3.46. The van der Waals surface area contributed by atoms with Crippen molar-refractivity contribution in [1.29, 1.82) is 5.26 Å². The van der Waals surface area contributed by atoms with Crippen LogP contribution in [0.4, 0.5) is 5.69 Å². The van der Waals surface area contributed by atoms with E-state index in [1.165, 1.54) is 0 Å². The normalized spacial score (nSPS) is 9.84. The Morgan fingerprint density at radius 3 is 2.32 bits per heavy atom. The number of anilines is 1. The first-order valence-electron chi connectivity index (χ1n) is 7.89. The SMILES string of the molecule is CCC(CC)C(=O)NOC(=O)CC(=O)OCc1ccc(NC#N)cc1. The first kappa shape index (κ1) is 20.0. The minimum absolute atomic E-state index is 0.0148. The molecule has 0 atom stereocenters. The summed E-state index contributed by atoms with van der Waals surface area (Å²) in [6, 6.07) is 6.68. The quantitative estimate of drug-likeness (QED) is 0.243. The monoisotopic (exact) mass is 347 g/mol. The summed E-state index contributed by atoms with van der Waals surface area (Å²) in [5, 5.41) is 11.0. The van der Waals surface area contributed by atoms with Crippen molar-refractivity contribution in [3.63, 3.8) is 0 Å². The molecule has 0 saturated carbocycles. The number of nitrogens with zero attached hydrogens (tertiary/aromatic N) is 1. The van der Waals surface area contributed by atoms with Crippen LogP contribution in [0.15, 0.2) is 24.3 Å². The standard InChI is InChI=1S/C17H21N3O5/c1-3-13(4-2)17(23)20-25-16(22)9-15(21)24-10-12-5-7-14(8-6-12)19-11-18/h5-8,13,19H,3-4,9-10H2,1-2H3,(H,20,23). The van der Waals surface area contributed by atoms with E-state index in [4.69, 9.17) is 10.00 Å². The van der Waals surface area contributed by atoms with Gasteiger partial charge < -0.3 is 9.57 Å². The van der Waals surface area contributed by atoms with E-state index < -0.39 is 24.3 Å². The molecule has 1 rings (SSSR count). The number of nitrogens with one attached hydrogen (secondary N) is 2. The molecule has 0 aliphatic carbocycles. The van der Waals surface area contributed by atoms with Gasteiger partial charge in [0.2, 0.25) is 0 Å². The molecule has 1 amide bonds. The largest absolute Gasteiger partial charge is 0.460 e. The Bertz CT molecular complexity index is 633. The van der Waals surface area contributed by atoms with Crippen LogP contribution >= 0.6 is 0 Å². The zero-order valence-electron chi connectivity index (χ0n) is 14.2. The van der Waals surface area contributed by atoms with Crippen LogP contribution in [0, 0.1) is 17.4 Å². The zero-order valence-corrected chi connectivity index (χ0v) is 14.2. The van der Waals surface area contributed by atoms with E-state index in [1.54, 1.807) is 30.5 Å². The highest BCUT2D eigenvalue weighted by Crippen LogP contribution is 2.10. The average Bonchev–Trinajstić information content (AvgIpc) is 2.60. The molecule has 0 aliphatic heterocycles. The molecule has 0 saturated heterocycles. The summed E-state index contributed by atoms with van der Waals surface area (Å²) in [6.45, 7) is 3.70. The molecule has 8 nitrogen and oxygen atoms in total. The van der Waals surface area contributed by atoms with Crippen molar-refractivity contribution in [1.82, 2.24) is 5.48 Å². The molecule has 1 aromatic carbocycles. The second-order valence-electron chi connectivity index (χ2n) is 5.22. The second kappa shape index (κ2) is 10.6. The molecule has 0 aromatic heterocycles. The number of carbonyl (C=O) groups is 3. The lowest BCUT2D eigenvalue weighted by Crippen LogP contribution is -2.33. The molecule has 0 bridgehead atoms. The second-order valence-corrected chi connectivity index (χ2v) is 5.22. The molecular formula is C17H21N3O5. The molecule has 0 unspecified atom stereocenters. The Morgan fingerprint density at radius 1 is 1.12 bits per heavy atom. The molecule has 0 radical (unpaired) electrons. The average molecular weight is 347 g/mol. The van der Waals surface area contributed by atoms with Crippen LogP contribution in [0.1, 0.15) is 38.7 Å². The van der Waals surface area contributed by atoms with Gasteiger partial charge in [-0.1, -0.05) is 26.0 Å². The number of nitriles is 1. The molecular weight excluding hydrogens is 326 g/mol. The summed E-state index contributed by atoms with van der Waals surface area (Å²) < 4.78 is 4.96. The van der Waals surface area contributed by atoms with Gasteiger partial charge in [-0.25, -0.2) is 4.79 Å². The maximum absolute atomic E-state index is 11.7. The van der Waals surface area contributed by atoms with Gasteiger partial charge in [0.1, 0.15) is 13.0 Å². The third-order valence-corrected chi connectivity index (χ3v) is 3.46. The van der Waals surface area contributed by atoms with E-state index in [1.807, 2.05) is 13.8 Å². The van der Waals surface area contributed by atoms with E-state index in [0.29, 0.717) is 24.1 Å². The van der Waals surface area contributed by atoms with Crippen molar-refractivity contribution in [2.75, 3.05) is 5.32 Å². The minimum atomic E-state index is -0.891. The third kappa shape index (κ3) is 7.35. The first-order chi connectivity index (χ1) is 12.0. The number of hydrogen-bond donors (Lipinski definition) is 2. The minimum Gasteiger partial charge on any atom is -0.460 e. The highest BCUT2D eigenvalue weighted by atomic mass is 16.7. The number of ether oxygens (including phenoxy) is 1. The number of hydroxylamine groups is 1. The van der Waals surface area contributed by atoms with Crippen LogP contribution in [-0.2, 0) is 30.6 Å². The van der Waals surface area contributed by atoms with E-state index >= 15 is 0 Å². The number of esters is 1. The van der Waals surface area contributed by atoms with Crippen molar-refractivity contribution in [2.45, 2.75) is 39.7 Å². The fourth-order valence-electron chi connectivity index (χ4n) is 1.97. The molecule has 1 aromatic rings. The first-order valence-corrected chi connectivity index (χ1v) is 7.89. The lowest BCUT2D eigenvalue weighted by Gasteiger charge is -2.12. The number of amides is 1. The number of hydrogen-bond acceptors (Lipinski definition) is 7. The van der Waals surface area contributed by atoms with Gasteiger partial charge >= 0.3 is 11.9 Å². The summed E-state index contributed by atoms with van der Waals surface area (Å²) in [5.41, 5.74) is 3.37. The summed E-state index contributed by atoms with van der Waals surface area (Å²) in [4.78, 5) is 39.3. The van der Waals surface area contributed by atoms with E-state index in [2.05, 4.69) is 15.6 Å². The van der Waals surface area contributed by atoms with Crippen LogP contribution < -0.4 is 10.8 Å². The fraction of sp³-hybridized carbons (Fsp3) is 0.412. The van der Waals surface area contributed by atoms with Gasteiger partial charge in [0, 0.05) is 11.6 Å². The Morgan fingerprint density at radius 2 is 1.76 bits per heavy atom. The Hall–Kier alpha value is -3.08. The lowest BCUT2D eigenvalue weighted by atomic mass is 10.0. The number of rotatable bonds is 8. The highest BCUT2D eigenvalue weighted by molar-refractivity contribution is 5.91. The maximum Gasteiger partial charge on any atom is 0.343 e. The summed E-state index contributed by atoms with van der Waals surface area (Å²) >= 11 is 0. The molecule has 25 heavy (non-hydrogen) atoms. The maximum atomic E-state index is 11.7. The smallest absolute Gasteiger partial charge is 0.343 e. The Balaban J connectivity index is 2.32. The van der Waals surface area contributed by atoms with Gasteiger partial charge in [-0.05, 0) is 30.5 Å². The topological polar surface area (TPSA) is 118 Å². The predicted octanol–water partition coefficient (Wildman–Crippen LogP) is 2.02. The highest BCUT2D eigenvalue weighted by Gasteiger charge is 2.18. The van der Waals surface area contributed by atoms with Gasteiger partial charge in [-0.15, -0.1) is 0 Å². The van der Waals surface area contributed by atoms with Crippen molar-refractivity contribution >= 4 is 23.5 Å². The molecule has 0 aliphatic rings. The Labute approximate surface area is 146 Å². The molecule has 0 spiro atoms. The number of benzene rings is 1. The van der Waals surface area contributed by atoms with E-state index in [-0.39, 0.29) is 12.5 Å². The molecule has 0 fully saturated rings. The fourth-order valence-corrected chi connectivity index (χ4v) is 1.97. The van der Waals surface area contributed by atoms with Gasteiger partial charge in [0.15, 0.2) is 6.19 Å². The van der Waals surface area contributed by atoms with Crippen LogP contribution in [0.3, 0.4) is 0 Å². The van der Waals surface area contributed by atoms with Gasteiger partial charge in [-0.3, -0.25) is 14.9 Å². The molecule has 2 N–H and O–H groups in total. The van der Waals surface area contributed by atoms with Crippen LogP contribution in [0.5, 0.6) is 0 Å². The zero-order chi connectivity index (χ0) is 18.7. The summed E-state index contributed by atoms with van der Waals surface area (Å²) in [5.74, 6) is -2.28. The van der Waals surface area contributed by atoms with Crippen molar-refractivity contribution < 1.29 is 24.0 Å². The van der Waals surface area contributed by atoms with E-state index in [0.717, 1.165) is 0 Å². The number of carbonyl (C=O) groups excluding carboxylic acids is 3.